The molecule has 0 radical (unpaired) electrons. The van der Waals surface area contributed by atoms with E-state index in [4.69, 9.17) is 5.84 Å². The molecule has 2 heterocycles. The van der Waals surface area contributed by atoms with Crippen LogP contribution in [0.3, 0.4) is 0 Å². The molecule has 0 aliphatic heterocycles. The van der Waals surface area contributed by atoms with E-state index in [0.717, 1.165) is 22.2 Å². The highest BCUT2D eigenvalue weighted by atomic mass is 79.9. The number of nitrogens with one attached hydrogen (secondary N) is 1. The maximum absolute atomic E-state index is 5.58. The van der Waals surface area contributed by atoms with E-state index in [2.05, 4.69) is 31.3 Å². The molecule has 2 aromatic heterocycles. The van der Waals surface area contributed by atoms with Crippen molar-refractivity contribution in [1.82, 2.24) is 15.4 Å². The molecule has 0 fully saturated rings. The lowest BCUT2D eigenvalue weighted by atomic mass is 10.0. The predicted molar refractivity (Wildman–Crippen MR) is 69.9 cm³/mol. The molecule has 0 saturated heterocycles. The Morgan fingerprint density at radius 3 is 2.59 bits per heavy atom. The number of rotatable bonds is 4. The lowest BCUT2D eigenvalue weighted by molar-refractivity contribution is 0.545. The second-order valence-electron chi connectivity index (χ2n) is 3.67. The number of hydrogen-bond acceptors (Lipinski definition) is 4. The van der Waals surface area contributed by atoms with E-state index in [1.165, 1.54) is 0 Å². The van der Waals surface area contributed by atoms with Crippen LogP contribution in [-0.4, -0.2) is 9.97 Å². The molecule has 17 heavy (non-hydrogen) atoms. The smallest absolute Gasteiger partial charge is 0.0516 e. The van der Waals surface area contributed by atoms with E-state index in [0.29, 0.717) is 0 Å². The van der Waals surface area contributed by atoms with Gasteiger partial charge in [0.1, 0.15) is 0 Å². The molecule has 0 aliphatic rings. The first kappa shape index (κ1) is 12.2. The molecule has 2 aromatic rings. The number of aromatic nitrogens is 2. The molecule has 88 valence electrons. The molecule has 0 spiro atoms. The van der Waals surface area contributed by atoms with Gasteiger partial charge in [-0.2, -0.15) is 0 Å². The number of nitrogens with two attached hydrogens (primary N) is 1. The van der Waals surface area contributed by atoms with E-state index in [-0.39, 0.29) is 6.04 Å². The molecule has 0 aliphatic carbocycles. The lowest BCUT2D eigenvalue weighted by Crippen LogP contribution is -2.29. The summed E-state index contributed by atoms with van der Waals surface area (Å²) in [5.74, 6) is 5.58. The summed E-state index contributed by atoms with van der Waals surface area (Å²) in [5.41, 5.74) is 4.90. The molecular formula is C12H13BrN4. The normalized spacial score (nSPS) is 12.4. The van der Waals surface area contributed by atoms with Crippen LogP contribution in [0.2, 0.25) is 0 Å². The summed E-state index contributed by atoms with van der Waals surface area (Å²) in [6.45, 7) is 0. The lowest BCUT2D eigenvalue weighted by Gasteiger charge is -2.15. The number of hydrazine groups is 1. The fourth-order valence-electron chi connectivity index (χ4n) is 1.61. The van der Waals surface area contributed by atoms with Gasteiger partial charge in [-0.15, -0.1) is 0 Å². The largest absolute Gasteiger partial charge is 0.271 e. The molecule has 5 heteroatoms. The van der Waals surface area contributed by atoms with Crippen LogP contribution in [0.15, 0.2) is 47.3 Å². The average molecular weight is 293 g/mol. The maximum atomic E-state index is 5.58. The molecule has 0 saturated carbocycles. The third-order valence-electron chi connectivity index (χ3n) is 2.51. The van der Waals surface area contributed by atoms with Crippen molar-refractivity contribution in [3.05, 3.63) is 58.6 Å². The Balaban J connectivity index is 2.13. The minimum absolute atomic E-state index is 0.0478. The first-order chi connectivity index (χ1) is 8.29. The zero-order valence-electron chi connectivity index (χ0n) is 9.18. The topological polar surface area (TPSA) is 63.8 Å². The summed E-state index contributed by atoms with van der Waals surface area (Å²) in [4.78, 5) is 8.32. The van der Waals surface area contributed by atoms with Crippen LogP contribution in [0.5, 0.6) is 0 Å². The first-order valence-corrected chi connectivity index (χ1v) is 6.05. The van der Waals surface area contributed by atoms with Gasteiger partial charge in [-0.05, 0) is 45.8 Å². The molecular weight excluding hydrogens is 280 g/mol. The van der Waals surface area contributed by atoms with Crippen LogP contribution in [0.25, 0.3) is 0 Å². The zero-order chi connectivity index (χ0) is 12.1. The van der Waals surface area contributed by atoms with Crippen molar-refractivity contribution in [2.75, 3.05) is 0 Å². The third-order valence-corrected chi connectivity index (χ3v) is 2.98. The summed E-state index contributed by atoms with van der Waals surface area (Å²) in [5, 5.41) is 0. The molecule has 2 rings (SSSR count). The number of halogens is 1. The summed E-state index contributed by atoms with van der Waals surface area (Å²) < 4.78 is 0.974. The standard InChI is InChI=1S/C12H13BrN4/c13-10-1-2-11(16-8-10)7-12(17-14)9-3-5-15-6-4-9/h1-6,8,12,17H,7,14H2. The summed E-state index contributed by atoms with van der Waals surface area (Å²) in [6, 6.07) is 7.90. The Morgan fingerprint density at radius 1 is 1.24 bits per heavy atom. The van der Waals surface area contributed by atoms with Crippen molar-refractivity contribution in [2.45, 2.75) is 12.5 Å². The summed E-state index contributed by atoms with van der Waals surface area (Å²) in [7, 11) is 0. The van der Waals surface area contributed by atoms with E-state index < -0.39 is 0 Å². The van der Waals surface area contributed by atoms with Gasteiger partial charge in [-0.1, -0.05) is 0 Å². The van der Waals surface area contributed by atoms with Crippen molar-refractivity contribution in [3.63, 3.8) is 0 Å². The summed E-state index contributed by atoms with van der Waals surface area (Å²) >= 11 is 3.36. The van der Waals surface area contributed by atoms with Gasteiger partial charge in [-0.3, -0.25) is 21.2 Å². The minimum Gasteiger partial charge on any atom is -0.271 e. The Bertz CT molecular complexity index is 458. The van der Waals surface area contributed by atoms with E-state index in [9.17, 15) is 0 Å². The second-order valence-corrected chi connectivity index (χ2v) is 4.59. The highest BCUT2D eigenvalue weighted by Crippen LogP contribution is 2.16. The quantitative estimate of drug-likeness (QED) is 0.668. The molecule has 1 atom stereocenters. The van der Waals surface area contributed by atoms with Crippen LogP contribution in [-0.2, 0) is 6.42 Å². The van der Waals surface area contributed by atoms with Gasteiger partial charge in [0, 0.05) is 35.2 Å². The third kappa shape index (κ3) is 3.33. The highest BCUT2D eigenvalue weighted by Gasteiger charge is 2.10. The van der Waals surface area contributed by atoms with Crippen LogP contribution in [0.1, 0.15) is 17.3 Å². The van der Waals surface area contributed by atoms with Crippen molar-refractivity contribution >= 4 is 15.9 Å². The van der Waals surface area contributed by atoms with Crippen LogP contribution in [0, 0.1) is 0 Å². The molecule has 3 N–H and O–H groups in total. The van der Waals surface area contributed by atoms with Crippen LogP contribution in [0.4, 0.5) is 0 Å². The number of hydrogen-bond donors (Lipinski definition) is 2. The number of nitrogens with zero attached hydrogens (tertiary/aromatic N) is 2. The van der Waals surface area contributed by atoms with Gasteiger partial charge in [-0.25, -0.2) is 0 Å². The first-order valence-electron chi connectivity index (χ1n) is 5.26. The van der Waals surface area contributed by atoms with Crippen molar-refractivity contribution in [1.29, 1.82) is 0 Å². The zero-order valence-corrected chi connectivity index (χ0v) is 10.8. The van der Waals surface area contributed by atoms with Gasteiger partial charge in [0.25, 0.3) is 0 Å². The van der Waals surface area contributed by atoms with Crippen LogP contribution < -0.4 is 11.3 Å². The van der Waals surface area contributed by atoms with E-state index in [1.54, 1.807) is 18.6 Å². The van der Waals surface area contributed by atoms with Gasteiger partial charge in [0.15, 0.2) is 0 Å². The Kier molecular flexibility index (Phi) is 4.19. The molecule has 0 bridgehead atoms. The molecule has 4 nitrogen and oxygen atoms in total. The fraction of sp³-hybridized carbons (Fsp3) is 0.167. The van der Waals surface area contributed by atoms with Gasteiger partial charge >= 0.3 is 0 Å². The number of pyridine rings is 2. The van der Waals surface area contributed by atoms with Crippen molar-refractivity contribution in [3.8, 4) is 0 Å². The fourth-order valence-corrected chi connectivity index (χ4v) is 1.84. The van der Waals surface area contributed by atoms with Crippen molar-refractivity contribution < 1.29 is 0 Å². The Morgan fingerprint density at radius 2 is 2.00 bits per heavy atom. The van der Waals surface area contributed by atoms with Crippen LogP contribution >= 0.6 is 15.9 Å². The monoisotopic (exact) mass is 292 g/mol. The summed E-state index contributed by atoms with van der Waals surface area (Å²) in [6.07, 6.45) is 6.05. The SMILES string of the molecule is NNC(Cc1ccc(Br)cn1)c1ccncc1. The van der Waals surface area contributed by atoms with Crippen molar-refractivity contribution in [2.24, 2.45) is 5.84 Å². The second kappa shape index (κ2) is 5.86. The Labute approximate surface area is 108 Å². The molecule has 0 aromatic carbocycles. The highest BCUT2D eigenvalue weighted by molar-refractivity contribution is 9.10. The maximum Gasteiger partial charge on any atom is 0.0516 e. The predicted octanol–water partition coefficient (Wildman–Crippen LogP) is 1.99. The molecule has 1 unspecified atom stereocenters. The van der Waals surface area contributed by atoms with E-state index >= 15 is 0 Å². The van der Waals surface area contributed by atoms with E-state index in [1.807, 2.05) is 24.3 Å². The molecule has 0 amide bonds. The minimum atomic E-state index is 0.0478. The van der Waals surface area contributed by atoms with Gasteiger partial charge in [0.2, 0.25) is 0 Å². The van der Waals surface area contributed by atoms with Gasteiger partial charge in [0.05, 0.1) is 6.04 Å². The average Bonchev–Trinajstić information content (AvgIpc) is 2.39. The Hall–Kier alpha value is -1.30. The van der Waals surface area contributed by atoms with Gasteiger partial charge < -0.3 is 0 Å².